The van der Waals surface area contributed by atoms with Crippen molar-refractivity contribution in [3.63, 3.8) is 0 Å². The molecule has 1 amide bonds. The largest absolute Gasteiger partial charge is 0.497 e. The maximum Gasteiger partial charge on any atom is 0.251 e. The van der Waals surface area contributed by atoms with Gasteiger partial charge in [-0.1, -0.05) is 12.1 Å². The molecule has 0 radical (unpaired) electrons. The van der Waals surface area contributed by atoms with Gasteiger partial charge in [-0.15, -0.1) is 11.3 Å². The molecule has 6 heteroatoms. The van der Waals surface area contributed by atoms with Crippen molar-refractivity contribution in [1.82, 2.24) is 15.1 Å². The topological polar surface area (TPSA) is 56.1 Å². The molecule has 0 saturated carbocycles. The van der Waals surface area contributed by atoms with Crippen molar-refractivity contribution in [2.45, 2.75) is 6.04 Å². The number of rotatable bonds is 6. The Bertz CT molecular complexity index is 720. The Morgan fingerprint density at radius 2 is 2.26 bits per heavy atom. The van der Waals surface area contributed by atoms with Crippen LogP contribution in [-0.4, -0.2) is 29.3 Å². The zero-order valence-electron chi connectivity index (χ0n) is 12.7. The number of nitrogens with zero attached hydrogens (tertiary/aromatic N) is 2. The summed E-state index contributed by atoms with van der Waals surface area (Å²) >= 11 is 1.65. The number of thiophene rings is 1. The smallest absolute Gasteiger partial charge is 0.251 e. The summed E-state index contributed by atoms with van der Waals surface area (Å²) < 4.78 is 7.01. The van der Waals surface area contributed by atoms with Crippen LogP contribution in [0.1, 0.15) is 21.3 Å². The summed E-state index contributed by atoms with van der Waals surface area (Å²) in [6.45, 7) is 0.470. The minimum atomic E-state index is -0.127. The highest BCUT2D eigenvalue weighted by Crippen LogP contribution is 2.22. The Hall–Kier alpha value is -2.60. The van der Waals surface area contributed by atoms with Gasteiger partial charge in [-0.2, -0.15) is 5.10 Å². The zero-order valence-corrected chi connectivity index (χ0v) is 13.5. The fraction of sp³-hybridized carbons (Fsp3) is 0.176. The predicted molar refractivity (Wildman–Crippen MR) is 90.0 cm³/mol. The second kappa shape index (κ2) is 7.11. The lowest BCUT2D eigenvalue weighted by Gasteiger charge is -2.17. The van der Waals surface area contributed by atoms with Gasteiger partial charge >= 0.3 is 0 Å². The summed E-state index contributed by atoms with van der Waals surface area (Å²) in [5, 5.41) is 9.30. The highest BCUT2D eigenvalue weighted by Gasteiger charge is 2.17. The number of methoxy groups -OCH3 is 1. The van der Waals surface area contributed by atoms with Crippen LogP contribution in [0.15, 0.2) is 60.2 Å². The molecule has 2 heterocycles. The maximum absolute atomic E-state index is 12.4. The second-order valence-electron chi connectivity index (χ2n) is 4.96. The molecule has 1 N–H and O–H groups in total. The SMILES string of the molecule is COc1cccc(C(=O)NCC(c2cccs2)n2cccn2)c1. The Labute approximate surface area is 138 Å². The lowest BCUT2D eigenvalue weighted by atomic mass is 10.2. The Kier molecular flexibility index (Phi) is 4.73. The standard InChI is InChI=1S/C17H17N3O2S/c1-22-14-6-2-5-13(11-14)17(21)18-12-15(16-7-3-10-23-16)20-9-4-8-19-20/h2-11,15H,12H2,1H3,(H,18,21). The van der Waals surface area contributed by atoms with Crippen molar-refractivity contribution in [2.24, 2.45) is 0 Å². The highest BCUT2D eigenvalue weighted by atomic mass is 32.1. The number of hydrogen-bond acceptors (Lipinski definition) is 4. The van der Waals surface area contributed by atoms with Gasteiger partial charge in [0.15, 0.2) is 0 Å². The first kappa shape index (κ1) is 15.3. The molecule has 2 aromatic heterocycles. The summed E-state index contributed by atoms with van der Waals surface area (Å²) in [7, 11) is 1.58. The number of nitrogens with one attached hydrogen (secondary N) is 1. The first-order chi connectivity index (χ1) is 11.3. The number of benzene rings is 1. The molecule has 0 spiro atoms. The molecule has 1 unspecified atom stereocenters. The minimum Gasteiger partial charge on any atom is -0.497 e. The number of carbonyl (C=O) groups is 1. The van der Waals surface area contributed by atoms with Crippen LogP contribution >= 0.6 is 11.3 Å². The van der Waals surface area contributed by atoms with Gasteiger partial charge in [-0.25, -0.2) is 0 Å². The van der Waals surface area contributed by atoms with E-state index < -0.39 is 0 Å². The molecule has 0 aliphatic rings. The first-order valence-corrected chi connectivity index (χ1v) is 8.10. The van der Waals surface area contributed by atoms with Crippen LogP contribution in [0.4, 0.5) is 0 Å². The van der Waals surface area contributed by atoms with Gasteiger partial charge in [-0.05, 0) is 35.7 Å². The molecule has 3 aromatic rings. The number of amides is 1. The van der Waals surface area contributed by atoms with Gasteiger partial charge in [0, 0.05) is 29.4 Å². The molecular formula is C17H17N3O2S. The number of carbonyl (C=O) groups excluding carboxylic acids is 1. The molecule has 0 aliphatic carbocycles. The average molecular weight is 327 g/mol. The van der Waals surface area contributed by atoms with Gasteiger partial charge in [0.05, 0.1) is 7.11 Å². The van der Waals surface area contributed by atoms with Crippen molar-refractivity contribution < 1.29 is 9.53 Å². The molecule has 118 valence electrons. The van der Waals surface area contributed by atoms with E-state index in [-0.39, 0.29) is 11.9 Å². The van der Waals surface area contributed by atoms with Crippen molar-refractivity contribution in [1.29, 1.82) is 0 Å². The summed E-state index contributed by atoms with van der Waals surface area (Å²) in [6, 6.07) is 13.0. The van der Waals surface area contributed by atoms with E-state index in [9.17, 15) is 4.79 Å². The van der Waals surface area contributed by atoms with Crippen molar-refractivity contribution in [2.75, 3.05) is 13.7 Å². The molecule has 0 fully saturated rings. The first-order valence-electron chi connectivity index (χ1n) is 7.22. The minimum absolute atomic E-state index is 0.0143. The van der Waals surface area contributed by atoms with Crippen LogP contribution in [0.5, 0.6) is 5.75 Å². The van der Waals surface area contributed by atoms with Crippen molar-refractivity contribution in [3.05, 3.63) is 70.7 Å². The van der Waals surface area contributed by atoms with E-state index in [1.54, 1.807) is 42.8 Å². The van der Waals surface area contributed by atoms with E-state index in [1.807, 2.05) is 34.5 Å². The van der Waals surface area contributed by atoms with E-state index in [2.05, 4.69) is 16.5 Å². The summed E-state index contributed by atoms with van der Waals surface area (Å²) in [5.41, 5.74) is 0.578. The number of ether oxygens (including phenoxy) is 1. The third kappa shape index (κ3) is 3.60. The quantitative estimate of drug-likeness (QED) is 0.757. The van der Waals surface area contributed by atoms with Crippen LogP contribution in [0.3, 0.4) is 0 Å². The van der Waals surface area contributed by atoms with Crippen LogP contribution in [0.25, 0.3) is 0 Å². The highest BCUT2D eigenvalue weighted by molar-refractivity contribution is 7.10. The Morgan fingerprint density at radius 3 is 2.96 bits per heavy atom. The number of aromatic nitrogens is 2. The van der Waals surface area contributed by atoms with E-state index in [0.29, 0.717) is 17.9 Å². The molecule has 3 rings (SSSR count). The lowest BCUT2D eigenvalue weighted by Crippen LogP contribution is -2.31. The summed E-state index contributed by atoms with van der Waals surface area (Å²) in [4.78, 5) is 13.5. The Morgan fingerprint density at radius 1 is 1.35 bits per heavy atom. The molecule has 1 aromatic carbocycles. The van der Waals surface area contributed by atoms with E-state index in [1.165, 1.54) is 0 Å². The third-order valence-electron chi connectivity index (χ3n) is 3.50. The Balaban J connectivity index is 1.73. The second-order valence-corrected chi connectivity index (χ2v) is 5.94. The van der Waals surface area contributed by atoms with Gasteiger partial charge in [0.25, 0.3) is 5.91 Å². The predicted octanol–water partition coefficient (Wildman–Crippen LogP) is 2.97. The van der Waals surface area contributed by atoms with Gasteiger partial charge in [0.1, 0.15) is 11.8 Å². The fourth-order valence-corrected chi connectivity index (χ4v) is 3.15. The van der Waals surface area contributed by atoms with Crippen LogP contribution < -0.4 is 10.1 Å². The van der Waals surface area contributed by atoms with Crippen LogP contribution in [-0.2, 0) is 0 Å². The summed E-state index contributed by atoms with van der Waals surface area (Å²) in [6.07, 6.45) is 3.65. The van der Waals surface area contributed by atoms with E-state index in [0.717, 1.165) is 4.88 Å². The van der Waals surface area contributed by atoms with Crippen LogP contribution in [0, 0.1) is 0 Å². The van der Waals surface area contributed by atoms with Gasteiger partial charge in [-0.3, -0.25) is 9.48 Å². The zero-order chi connectivity index (χ0) is 16.1. The number of hydrogen-bond donors (Lipinski definition) is 1. The monoisotopic (exact) mass is 327 g/mol. The average Bonchev–Trinajstić information content (AvgIpc) is 3.29. The molecule has 1 atom stereocenters. The third-order valence-corrected chi connectivity index (χ3v) is 4.48. The fourth-order valence-electron chi connectivity index (χ4n) is 2.33. The van der Waals surface area contributed by atoms with Crippen molar-refractivity contribution >= 4 is 17.2 Å². The van der Waals surface area contributed by atoms with Crippen molar-refractivity contribution in [3.8, 4) is 5.75 Å². The van der Waals surface area contributed by atoms with E-state index in [4.69, 9.17) is 4.74 Å². The summed E-state index contributed by atoms with van der Waals surface area (Å²) in [5.74, 6) is 0.539. The van der Waals surface area contributed by atoms with Gasteiger partial charge in [0.2, 0.25) is 0 Å². The molecular weight excluding hydrogens is 310 g/mol. The van der Waals surface area contributed by atoms with E-state index >= 15 is 0 Å². The molecule has 5 nitrogen and oxygen atoms in total. The maximum atomic E-state index is 12.4. The molecule has 0 aliphatic heterocycles. The van der Waals surface area contributed by atoms with Gasteiger partial charge < -0.3 is 10.1 Å². The molecule has 0 bridgehead atoms. The van der Waals surface area contributed by atoms with Crippen LogP contribution in [0.2, 0.25) is 0 Å². The normalized spacial score (nSPS) is 11.9. The molecule has 23 heavy (non-hydrogen) atoms. The molecule has 0 saturated heterocycles. The lowest BCUT2D eigenvalue weighted by molar-refractivity contribution is 0.0949.